The molecule has 0 spiro atoms. The summed E-state index contributed by atoms with van der Waals surface area (Å²) in [5, 5.41) is 0.687. The van der Waals surface area contributed by atoms with Crippen LogP contribution in [-0.4, -0.2) is 15.0 Å². The first-order chi connectivity index (χ1) is 13.5. The summed E-state index contributed by atoms with van der Waals surface area (Å²) in [5.74, 6) is -0.0584. The lowest BCUT2D eigenvalue weighted by atomic mass is 10.1. The molecule has 0 aliphatic heterocycles. The highest BCUT2D eigenvalue weighted by Gasteiger charge is 2.33. The van der Waals surface area contributed by atoms with Gasteiger partial charge in [-0.15, -0.1) is 0 Å². The van der Waals surface area contributed by atoms with Gasteiger partial charge in [0.15, 0.2) is 17.5 Å². The van der Waals surface area contributed by atoms with E-state index >= 15 is 0 Å². The van der Waals surface area contributed by atoms with Crippen LogP contribution in [-0.2, 0) is 7.59 Å². The molecule has 0 bridgehead atoms. The van der Waals surface area contributed by atoms with Gasteiger partial charge in [0.25, 0.3) is 0 Å². The fourth-order valence-electron chi connectivity index (χ4n) is 2.27. The average molecular weight is 528 g/mol. The summed E-state index contributed by atoms with van der Waals surface area (Å²) in [7, 11) is 0. The molecule has 0 aliphatic rings. The predicted molar refractivity (Wildman–Crippen MR) is 124 cm³/mol. The molecule has 0 amide bonds. The molecule has 3 rings (SSSR count). The van der Waals surface area contributed by atoms with E-state index in [1.807, 2.05) is 48.6 Å². The second-order valence-electron chi connectivity index (χ2n) is 5.81. The summed E-state index contributed by atoms with van der Waals surface area (Å²) in [6.07, 6.45) is 3.93. The van der Waals surface area contributed by atoms with Crippen LogP contribution in [0.5, 0.6) is 0 Å². The predicted octanol–water partition coefficient (Wildman–Crippen LogP) is 8.02. The van der Waals surface area contributed by atoms with Crippen LogP contribution in [0.1, 0.15) is 22.8 Å². The van der Waals surface area contributed by atoms with Gasteiger partial charge in [0.2, 0.25) is 7.59 Å². The van der Waals surface area contributed by atoms with E-state index in [1.165, 1.54) is 0 Å². The molecule has 0 atom stereocenters. The molecule has 0 saturated carbocycles. The van der Waals surface area contributed by atoms with E-state index in [0.717, 1.165) is 11.1 Å². The maximum absolute atomic E-state index is 5.91. The Labute approximate surface area is 202 Å². The van der Waals surface area contributed by atoms with Crippen molar-refractivity contribution in [3.8, 4) is 11.4 Å². The molecule has 3 aromatic rings. The summed E-state index contributed by atoms with van der Waals surface area (Å²) in [4.78, 5) is 12.3. The Morgan fingerprint density at radius 2 is 1.00 bits per heavy atom. The molecule has 0 unspecified atom stereocenters. The Hall–Kier alpha value is -0.780. The molecular formula is C19H10Cl7N3. The zero-order valence-corrected chi connectivity index (χ0v) is 19.6. The molecule has 0 saturated heterocycles. The molecule has 3 nitrogen and oxygen atoms in total. The number of nitrogens with zero attached hydrogens (tertiary/aromatic N) is 3. The van der Waals surface area contributed by atoms with Crippen molar-refractivity contribution in [3.63, 3.8) is 0 Å². The minimum Gasteiger partial charge on any atom is -0.209 e. The highest BCUT2D eigenvalue weighted by Crippen LogP contribution is 2.40. The Morgan fingerprint density at radius 3 is 1.41 bits per heavy atom. The summed E-state index contributed by atoms with van der Waals surface area (Å²) < 4.78 is -3.80. The van der Waals surface area contributed by atoms with Crippen molar-refractivity contribution in [1.82, 2.24) is 15.0 Å². The number of benzene rings is 2. The van der Waals surface area contributed by atoms with Gasteiger partial charge in [-0.05, 0) is 23.3 Å². The van der Waals surface area contributed by atoms with Gasteiger partial charge < -0.3 is 0 Å². The smallest absolute Gasteiger partial charge is 0.209 e. The molecule has 0 N–H and O–H groups in total. The van der Waals surface area contributed by atoms with Gasteiger partial charge in [0, 0.05) is 10.6 Å². The summed E-state index contributed by atoms with van der Waals surface area (Å²) in [6.45, 7) is 0. The second-order valence-corrected chi connectivity index (χ2v) is 10.8. The molecule has 29 heavy (non-hydrogen) atoms. The van der Waals surface area contributed by atoms with E-state index in [4.69, 9.17) is 81.2 Å². The van der Waals surface area contributed by atoms with Gasteiger partial charge in [0.05, 0.1) is 0 Å². The third kappa shape index (κ3) is 6.35. The highest BCUT2D eigenvalue weighted by atomic mass is 35.6. The lowest BCUT2D eigenvalue weighted by Crippen LogP contribution is -2.16. The zero-order valence-electron chi connectivity index (χ0n) is 14.3. The molecule has 10 heteroatoms. The van der Waals surface area contributed by atoms with Gasteiger partial charge in [-0.25, -0.2) is 15.0 Å². The van der Waals surface area contributed by atoms with Gasteiger partial charge in [-0.2, -0.15) is 0 Å². The maximum Gasteiger partial charge on any atom is 0.250 e. The minimum atomic E-state index is -1.90. The van der Waals surface area contributed by atoms with E-state index in [1.54, 1.807) is 12.1 Å². The zero-order chi connectivity index (χ0) is 21.2. The van der Waals surface area contributed by atoms with Crippen LogP contribution in [0.2, 0.25) is 5.02 Å². The van der Waals surface area contributed by atoms with Crippen LogP contribution < -0.4 is 0 Å². The molecule has 150 valence electrons. The van der Waals surface area contributed by atoms with Crippen LogP contribution in [0.15, 0.2) is 48.5 Å². The van der Waals surface area contributed by atoms with Crippen molar-refractivity contribution in [1.29, 1.82) is 0 Å². The van der Waals surface area contributed by atoms with Crippen molar-refractivity contribution in [2.24, 2.45) is 0 Å². The van der Waals surface area contributed by atoms with Crippen LogP contribution >= 0.6 is 81.2 Å². The number of aromatic nitrogens is 3. The lowest BCUT2D eigenvalue weighted by Gasteiger charge is -2.15. The molecular weight excluding hydrogens is 518 g/mol. The van der Waals surface area contributed by atoms with Crippen LogP contribution in [0.25, 0.3) is 23.5 Å². The minimum absolute atomic E-state index is 0.138. The Morgan fingerprint density at radius 1 is 0.586 bits per heavy atom. The SMILES string of the molecule is Clc1ccc(C=Cc2ccc(-c3nc(C(Cl)(Cl)Cl)nc(C(Cl)(Cl)Cl)n3)cc2)cc1. The normalized spacial score (nSPS) is 12.5. The fraction of sp³-hybridized carbons (Fsp3) is 0.105. The Bertz CT molecular complexity index is 989. The summed E-state index contributed by atoms with van der Waals surface area (Å²) in [6, 6.07) is 14.9. The fourth-order valence-corrected chi connectivity index (χ4v) is 2.90. The summed E-state index contributed by atoms with van der Waals surface area (Å²) >= 11 is 41.3. The van der Waals surface area contributed by atoms with Crippen molar-refractivity contribution < 1.29 is 0 Å². The number of alkyl halides is 6. The van der Waals surface area contributed by atoms with Crippen molar-refractivity contribution in [3.05, 3.63) is 76.3 Å². The van der Waals surface area contributed by atoms with E-state index in [-0.39, 0.29) is 17.5 Å². The number of hydrogen-bond donors (Lipinski definition) is 0. The van der Waals surface area contributed by atoms with Gasteiger partial charge in [0.1, 0.15) is 0 Å². The van der Waals surface area contributed by atoms with Crippen LogP contribution in [0.4, 0.5) is 0 Å². The maximum atomic E-state index is 5.91. The van der Waals surface area contributed by atoms with Crippen molar-refractivity contribution in [2.75, 3.05) is 0 Å². The van der Waals surface area contributed by atoms with E-state index < -0.39 is 7.59 Å². The molecule has 2 aromatic carbocycles. The van der Waals surface area contributed by atoms with Crippen molar-refractivity contribution in [2.45, 2.75) is 7.59 Å². The lowest BCUT2D eigenvalue weighted by molar-refractivity contribution is 0.851. The molecule has 1 heterocycles. The average Bonchev–Trinajstić information content (AvgIpc) is 2.66. The van der Waals surface area contributed by atoms with Crippen LogP contribution in [0.3, 0.4) is 0 Å². The van der Waals surface area contributed by atoms with Crippen molar-refractivity contribution >= 4 is 93.4 Å². The Balaban J connectivity index is 1.91. The quantitative estimate of drug-likeness (QED) is 0.255. The van der Waals surface area contributed by atoms with E-state index in [2.05, 4.69) is 15.0 Å². The monoisotopic (exact) mass is 525 g/mol. The summed E-state index contributed by atoms with van der Waals surface area (Å²) in [5.41, 5.74) is 2.62. The molecule has 0 radical (unpaired) electrons. The molecule has 0 aliphatic carbocycles. The van der Waals surface area contributed by atoms with Crippen LogP contribution in [0, 0.1) is 0 Å². The first-order valence-corrected chi connectivity index (χ1v) is 10.6. The molecule has 1 aromatic heterocycles. The Kier molecular flexibility index (Phi) is 7.23. The third-order valence-electron chi connectivity index (χ3n) is 3.65. The number of rotatable bonds is 3. The second kappa shape index (κ2) is 9.15. The standard InChI is InChI=1S/C19H10Cl7N3/c20-14-9-5-12(6-10-14)2-1-11-3-7-13(8-4-11)15-27-16(18(21,22)23)29-17(28-15)19(24,25)26/h1-10H. The first-order valence-electron chi connectivity index (χ1n) is 7.97. The topological polar surface area (TPSA) is 38.7 Å². The highest BCUT2D eigenvalue weighted by molar-refractivity contribution is 6.67. The first kappa shape index (κ1) is 22.9. The van der Waals surface area contributed by atoms with E-state index in [9.17, 15) is 0 Å². The van der Waals surface area contributed by atoms with Gasteiger partial charge in [-0.1, -0.05) is 130 Å². The van der Waals surface area contributed by atoms with E-state index in [0.29, 0.717) is 10.6 Å². The third-order valence-corrected chi connectivity index (χ3v) is 4.92. The molecule has 0 fully saturated rings. The number of hydrogen-bond acceptors (Lipinski definition) is 3. The largest absolute Gasteiger partial charge is 0.250 e. The number of halogens is 7. The van der Waals surface area contributed by atoms with Gasteiger partial charge in [-0.3, -0.25) is 0 Å². The van der Waals surface area contributed by atoms with Gasteiger partial charge >= 0.3 is 0 Å².